The molecule has 3 aromatic heterocycles. The number of rotatable bonds is 5. The van der Waals surface area contributed by atoms with Crippen LogP contribution in [-0.2, 0) is 13.6 Å². The van der Waals surface area contributed by atoms with Crippen molar-refractivity contribution in [1.29, 1.82) is 0 Å². The lowest BCUT2D eigenvalue weighted by Crippen LogP contribution is -2.06. The molecular formula is C16H19N5OS. The largest absolute Gasteiger partial charge is 0.349 e. The molecule has 7 heteroatoms. The predicted molar refractivity (Wildman–Crippen MR) is 90.9 cm³/mol. The van der Waals surface area contributed by atoms with Crippen molar-refractivity contribution >= 4 is 28.6 Å². The van der Waals surface area contributed by atoms with E-state index in [1.807, 2.05) is 27.0 Å². The Bertz CT molecular complexity index is 880. The highest BCUT2D eigenvalue weighted by Gasteiger charge is 2.16. The number of nitrogens with zero attached hydrogens (tertiary/aromatic N) is 5. The molecule has 120 valence electrons. The molecule has 0 saturated heterocycles. The minimum atomic E-state index is 0.124. The number of hydrogen-bond donors (Lipinski definition) is 0. The summed E-state index contributed by atoms with van der Waals surface area (Å²) in [7, 11) is 1.84. The molecule has 3 heterocycles. The molecule has 0 radical (unpaired) electrons. The lowest BCUT2D eigenvalue weighted by atomic mass is 10.2. The van der Waals surface area contributed by atoms with Crippen molar-refractivity contribution in [2.24, 2.45) is 7.05 Å². The summed E-state index contributed by atoms with van der Waals surface area (Å²) >= 11 is 1.43. The molecule has 0 atom stereocenters. The van der Waals surface area contributed by atoms with Gasteiger partial charge in [-0.3, -0.25) is 9.48 Å². The molecule has 0 aromatic carbocycles. The molecule has 3 rings (SSSR count). The van der Waals surface area contributed by atoms with Crippen LogP contribution in [0, 0.1) is 13.8 Å². The van der Waals surface area contributed by atoms with E-state index in [1.54, 1.807) is 10.9 Å². The van der Waals surface area contributed by atoms with E-state index >= 15 is 0 Å². The lowest BCUT2D eigenvalue weighted by Gasteiger charge is -2.05. The summed E-state index contributed by atoms with van der Waals surface area (Å²) in [6.45, 7) is 6.99. The van der Waals surface area contributed by atoms with Crippen molar-refractivity contribution in [3.05, 3.63) is 35.5 Å². The molecule has 23 heavy (non-hydrogen) atoms. The highest BCUT2D eigenvalue weighted by Crippen LogP contribution is 2.25. The van der Waals surface area contributed by atoms with Crippen LogP contribution >= 0.6 is 11.8 Å². The average molecular weight is 329 g/mol. The number of ketones is 1. The number of carbonyl (C=O) groups is 1. The third-order valence-electron chi connectivity index (χ3n) is 4.02. The van der Waals surface area contributed by atoms with Gasteiger partial charge in [0.2, 0.25) is 0 Å². The molecule has 6 nitrogen and oxygen atoms in total. The molecule has 0 aliphatic carbocycles. The van der Waals surface area contributed by atoms with Gasteiger partial charge in [0.25, 0.3) is 0 Å². The molecule has 3 aromatic rings. The van der Waals surface area contributed by atoms with Gasteiger partial charge >= 0.3 is 0 Å². The lowest BCUT2D eigenvalue weighted by molar-refractivity contribution is 0.102. The fraction of sp³-hybridized carbons (Fsp3) is 0.375. The third-order valence-corrected chi connectivity index (χ3v) is 5.03. The second-order valence-corrected chi connectivity index (χ2v) is 6.39. The molecule has 0 fully saturated rings. The Morgan fingerprint density at radius 1 is 1.30 bits per heavy atom. The summed E-state index contributed by atoms with van der Waals surface area (Å²) in [6, 6.07) is 1.97. The molecule has 0 N–H and O–H groups in total. The second-order valence-electron chi connectivity index (χ2n) is 5.43. The summed E-state index contributed by atoms with van der Waals surface area (Å²) in [4.78, 5) is 21.1. The highest BCUT2D eigenvalue weighted by molar-refractivity contribution is 8.00. The van der Waals surface area contributed by atoms with Crippen molar-refractivity contribution in [1.82, 2.24) is 24.3 Å². The number of thioether (sulfide) groups is 1. The normalized spacial score (nSPS) is 11.3. The van der Waals surface area contributed by atoms with Crippen LogP contribution in [0.3, 0.4) is 0 Å². The Balaban J connectivity index is 1.81. The summed E-state index contributed by atoms with van der Waals surface area (Å²) in [5, 5.41) is 5.87. The van der Waals surface area contributed by atoms with E-state index < -0.39 is 0 Å². The van der Waals surface area contributed by atoms with Gasteiger partial charge in [-0.25, -0.2) is 9.97 Å². The van der Waals surface area contributed by atoms with E-state index in [0.29, 0.717) is 5.75 Å². The Kier molecular flexibility index (Phi) is 4.21. The average Bonchev–Trinajstić information content (AvgIpc) is 3.06. The summed E-state index contributed by atoms with van der Waals surface area (Å²) in [5.74, 6) is 0.480. The van der Waals surface area contributed by atoms with Crippen LogP contribution in [0.2, 0.25) is 0 Å². The minimum Gasteiger partial charge on any atom is -0.349 e. The van der Waals surface area contributed by atoms with Crippen LogP contribution < -0.4 is 0 Å². The van der Waals surface area contributed by atoms with Crippen molar-refractivity contribution in [3.63, 3.8) is 0 Å². The Morgan fingerprint density at radius 2 is 2.09 bits per heavy atom. The van der Waals surface area contributed by atoms with E-state index in [4.69, 9.17) is 0 Å². The first-order valence-electron chi connectivity index (χ1n) is 7.48. The van der Waals surface area contributed by atoms with Crippen LogP contribution in [-0.4, -0.2) is 35.9 Å². The molecule has 0 aliphatic rings. The Labute approximate surface area is 138 Å². The van der Waals surface area contributed by atoms with E-state index in [2.05, 4.69) is 26.6 Å². The van der Waals surface area contributed by atoms with Crippen LogP contribution in [0.4, 0.5) is 0 Å². The van der Waals surface area contributed by atoms with E-state index in [-0.39, 0.29) is 5.78 Å². The molecule has 0 unspecified atom stereocenters. The first-order valence-corrected chi connectivity index (χ1v) is 8.47. The smallest absolute Gasteiger partial charge is 0.174 e. The van der Waals surface area contributed by atoms with Crippen LogP contribution in [0.25, 0.3) is 11.0 Å². The monoisotopic (exact) mass is 329 g/mol. The first-order chi connectivity index (χ1) is 11.0. The molecular weight excluding hydrogens is 310 g/mol. The number of Topliss-reactive ketones (excluding diaryl/α,β-unsaturated/α-hetero) is 1. The maximum absolute atomic E-state index is 12.6. The van der Waals surface area contributed by atoms with Gasteiger partial charge in [-0.1, -0.05) is 11.8 Å². The van der Waals surface area contributed by atoms with Gasteiger partial charge in [0.15, 0.2) is 11.4 Å². The molecule has 0 bridgehead atoms. The zero-order valence-corrected chi connectivity index (χ0v) is 14.5. The van der Waals surface area contributed by atoms with Crippen LogP contribution in [0.1, 0.15) is 28.7 Å². The second kappa shape index (κ2) is 6.16. The number of aryl methyl sites for hydroxylation is 2. The summed E-state index contributed by atoms with van der Waals surface area (Å²) < 4.78 is 3.86. The fourth-order valence-electron chi connectivity index (χ4n) is 2.84. The number of hydrogen-bond acceptors (Lipinski definition) is 5. The first kappa shape index (κ1) is 15.7. The highest BCUT2D eigenvalue weighted by atomic mass is 32.2. The van der Waals surface area contributed by atoms with Gasteiger partial charge in [-0.2, -0.15) is 5.10 Å². The molecule has 0 aliphatic heterocycles. The Hall–Kier alpha value is -2.15. The van der Waals surface area contributed by atoms with Gasteiger partial charge in [-0.15, -0.1) is 0 Å². The zero-order valence-electron chi connectivity index (χ0n) is 13.7. The SMILES string of the molecule is CCn1c(C)cc(C(=O)CSc2ncnc3c2cnn3C)c1C. The quantitative estimate of drug-likeness (QED) is 0.409. The molecule has 0 amide bonds. The van der Waals surface area contributed by atoms with E-state index in [0.717, 1.165) is 39.6 Å². The van der Waals surface area contributed by atoms with Gasteiger partial charge in [0.1, 0.15) is 11.4 Å². The minimum absolute atomic E-state index is 0.124. The van der Waals surface area contributed by atoms with Gasteiger partial charge in [0.05, 0.1) is 17.3 Å². The van der Waals surface area contributed by atoms with Crippen molar-refractivity contribution in [2.45, 2.75) is 32.3 Å². The third kappa shape index (κ3) is 2.76. The van der Waals surface area contributed by atoms with Crippen molar-refractivity contribution in [2.75, 3.05) is 5.75 Å². The van der Waals surface area contributed by atoms with Crippen molar-refractivity contribution in [3.8, 4) is 0 Å². The maximum Gasteiger partial charge on any atom is 0.174 e. The van der Waals surface area contributed by atoms with E-state index in [9.17, 15) is 4.79 Å². The van der Waals surface area contributed by atoms with Crippen molar-refractivity contribution < 1.29 is 4.79 Å². The summed E-state index contributed by atoms with van der Waals surface area (Å²) in [6.07, 6.45) is 3.25. The molecule has 0 spiro atoms. The topological polar surface area (TPSA) is 65.6 Å². The fourth-order valence-corrected chi connectivity index (χ4v) is 3.68. The van der Waals surface area contributed by atoms with Crippen LogP contribution in [0.15, 0.2) is 23.6 Å². The number of carbonyl (C=O) groups excluding carboxylic acids is 1. The van der Waals surface area contributed by atoms with Gasteiger partial charge in [0, 0.05) is 30.5 Å². The standard InChI is InChI=1S/C16H19N5OS/c1-5-21-10(2)6-12(11(21)3)14(22)8-23-16-13-7-19-20(4)15(13)17-9-18-16/h6-7,9H,5,8H2,1-4H3. The molecule has 0 saturated carbocycles. The van der Waals surface area contributed by atoms with Crippen LogP contribution in [0.5, 0.6) is 0 Å². The number of aromatic nitrogens is 5. The maximum atomic E-state index is 12.6. The summed E-state index contributed by atoms with van der Waals surface area (Å²) in [5.41, 5.74) is 3.73. The zero-order chi connectivity index (χ0) is 16.6. The van der Waals surface area contributed by atoms with Gasteiger partial charge < -0.3 is 4.57 Å². The van der Waals surface area contributed by atoms with Gasteiger partial charge in [-0.05, 0) is 26.8 Å². The number of fused-ring (bicyclic) bond motifs is 1. The predicted octanol–water partition coefficient (Wildman–Crippen LogP) is 2.78. The van der Waals surface area contributed by atoms with E-state index in [1.165, 1.54) is 18.1 Å². The Morgan fingerprint density at radius 3 is 2.78 bits per heavy atom.